The van der Waals surface area contributed by atoms with E-state index in [1.165, 1.54) is 12.0 Å². The van der Waals surface area contributed by atoms with Crippen LogP contribution in [-0.4, -0.2) is 19.6 Å². The molecule has 0 spiro atoms. The fourth-order valence-electron chi connectivity index (χ4n) is 1.27. The van der Waals surface area contributed by atoms with Gasteiger partial charge >= 0.3 is 5.97 Å². The molecule has 0 amide bonds. The maximum Gasteiger partial charge on any atom is 0.333 e. The van der Waals surface area contributed by atoms with Gasteiger partial charge in [0.1, 0.15) is 0 Å². The van der Waals surface area contributed by atoms with Crippen LogP contribution < -0.4 is 5.32 Å². The molecule has 0 aliphatic rings. The smallest absolute Gasteiger partial charge is 0.333 e. The first kappa shape index (κ1) is 12.9. The number of hydrogen-bond donors (Lipinski definition) is 1. The number of carbonyl (C=O) groups excluding carboxylic acids is 1. The molecule has 0 radical (unpaired) electrons. The maximum absolute atomic E-state index is 11.1. The molecule has 1 N–H and O–H groups in total. The van der Waals surface area contributed by atoms with E-state index in [0.29, 0.717) is 18.2 Å². The van der Waals surface area contributed by atoms with Gasteiger partial charge in [-0.2, -0.15) is 0 Å². The number of hydrogen-bond acceptors (Lipinski definition) is 4. The third-order valence-corrected chi connectivity index (χ3v) is 3.36. The predicted octanol–water partition coefficient (Wildman–Crippen LogP) is 2.52. The van der Waals surface area contributed by atoms with Crippen molar-refractivity contribution in [1.29, 1.82) is 0 Å². The summed E-state index contributed by atoms with van der Waals surface area (Å²) >= 11 is 1.73. The third kappa shape index (κ3) is 3.79. The molecule has 1 unspecified atom stereocenters. The number of thiophene rings is 1. The zero-order valence-corrected chi connectivity index (χ0v) is 10.6. The van der Waals surface area contributed by atoms with E-state index in [-0.39, 0.29) is 5.97 Å². The summed E-state index contributed by atoms with van der Waals surface area (Å²) in [6.45, 7) is 4.52. The predicted molar refractivity (Wildman–Crippen MR) is 66.5 cm³/mol. The Bertz CT molecular complexity index is 357. The van der Waals surface area contributed by atoms with Gasteiger partial charge < -0.3 is 10.1 Å². The van der Waals surface area contributed by atoms with E-state index in [9.17, 15) is 4.79 Å². The van der Waals surface area contributed by atoms with Crippen LogP contribution in [0.3, 0.4) is 0 Å². The molecule has 0 saturated carbocycles. The number of nitrogens with one attached hydrogen (secondary N) is 1. The largest absolute Gasteiger partial charge is 0.466 e. The average molecular weight is 239 g/mol. The lowest BCUT2D eigenvalue weighted by atomic mass is 10.2. The Morgan fingerprint density at radius 2 is 2.44 bits per heavy atom. The van der Waals surface area contributed by atoms with Crippen molar-refractivity contribution in [3.63, 3.8) is 0 Å². The van der Waals surface area contributed by atoms with Crippen LogP contribution in [0.4, 0.5) is 0 Å². The molecule has 1 rings (SSSR count). The molecule has 4 heteroatoms. The molecule has 1 atom stereocenters. The van der Waals surface area contributed by atoms with Gasteiger partial charge in [0.15, 0.2) is 0 Å². The van der Waals surface area contributed by atoms with E-state index in [1.54, 1.807) is 18.3 Å². The van der Waals surface area contributed by atoms with Gasteiger partial charge in [-0.3, -0.25) is 0 Å². The average Bonchev–Trinajstić information content (AvgIpc) is 2.81. The summed E-state index contributed by atoms with van der Waals surface area (Å²) in [5.74, 6) is -0.273. The number of rotatable bonds is 5. The van der Waals surface area contributed by atoms with E-state index in [0.717, 1.165) is 0 Å². The second-order valence-electron chi connectivity index (χ2n) is 3.52. The highest BCUT2D eigenvalue weighted by molar-refractivity contribution is 7.10. The highest BCUT2D eigenvalue weighted by Gasteiger charge is 2.05. The van der Waals surface area contributed by atoms with Crippen LogP contribution in [0.25, 0.3) is 0 Å². The van der Waals surface area contributed by atoms with Crippen LogP contribution >= 0.6 is 11.3 Å². The molecular weight excluding hydrogens is 222 g/mol. The minimum atomic E-state index is -0.273. The fourth-order valence-corrected chi connectivity index (χ4v) is 2.03. The van der Waals surface area contributed by atoms with E-state index >= 15 is 0 Å². The van der Waals surface area contributed by atoms with Gasteiger partial charge in [-0.15, -0.1) is 11.3 Å². The first-order valence-electron chi connectivity index (χ1n) is 5.17. The zero-order chi connectivity index (χ0) is 12.0. The van der Waals surface area contributed by atoms with Gasteiger partial charge in [0.25, 0.3) is 0 Å². The molecule has 0 saturated heterocycles. The lowest BCUT2D eigenvalue weighted by molar-refractivity contribution is -0.136. The fraction of sp³-hybridized carbons (Fsp3) is 0.417. The number of ether oxygens (including phenoxy) is 1. The zero-order valence-electron chi connectivity index (χ0n) is 9.82. The summed E-state index contributed by atoms with van der Waals surface area (Å²) < 4.78 is 4.61. The Labute approximate surface area is 100 Å². The van der Waals surface area contributed by atoms with Crippen LogP contribution in [0.1, 0.15) is 24.8 Å². The van der Waals surface area contributed by atoms with Crippen molar-refractivity contribution < 1.29 is 9.53 Å². The van der Waals surface area contributed by atoms with Crippen molar-refractivity contribution in [2.45, 2.75) is 19.9 Å². The van der Waals surface area contributed by atoms with Crippen molar-refractivity contribution in [2.24, 2.45) is 0 Å². The maximum atomic E-state index is 11.1. The first-order chi connectivity index (χ1) is 7.65. The highest BCUT2D eigenvalue weighted by atomic mass is 32.1. The summed E-state index contributed by atoms with van der Waals surface area (Å²) in [6, 6.07) is 4.44. The van der Waals surface area contributed by atoms with E-state index in [4.69, 9.17) is 0 Å². The molecule has 0 bridgehead atoms. The normalized spacial score (nSPS) is 13.6. The monoisotopic (exact) mass is 239 g/mol. The molecule has 1 aromatic rings. The lowest BCUT2D eigenvalue weighted by Gasteiger charge is -2.10. The van der Waals surface area contributed by atoms with Crippen LogP contribution in [-0.2, 0) is 9.53 Å². The van der Waals surface area contributed by atoms with Crippen LogP contribution in [0.15, 0.2) is 29.2 Å². The summed E-state index contributed by atoms with van der Waals surface area (Å²) in [7, 11) is 1.39. The Kier molecular flexibility index (Phi) is 5.22. The Balaban J connectivity index is 2.38. The SMILES string of the molecule is COC(=O)/C(C)=C/CNC(C)c1cccs1. The molecular formula is C12H17NO2S. The van der Waals surface area contributed by atoms with Crippen molar-refractivity contribution in [2.75, 3.05) is 13.7 Å². The second kappa shape index (κ2) is 6.45. The first-order valence-corrected chi connectivity index (χ1v) is 6.05. The minimum Gasteiger partial charge on any atom is -0.466 e. The lowest BCUT2D eigenvalue weighted by Crippen LogP contribution is -2.18. The Hall–Kier alpha value is -1.13. The third-order valence-electron chi connectivity index (χ3n) is 2.31. The van der Waals surface area contributed by atoms with Gasteiger partial charge in [0, 0.05) is 23.0 Å². The Morgan fingerprint density at radius 3 is 3.00 bits per heavy atom. The molecule has 0 aromatic carbocycles. The van der Waals surface area contributed by atoms with Gasteiger partial charge in [-0.25, -0.2) is 4.79 Å². The van der Waals surface area contributed by atoms with E-state index in [1.807, 2.05) is 12.1 Å². The minimum absolute atomic E-state index is 0.273. The van der Waals surface area contributed by atoms with E-state index < -0.39 is 0 Å². The molecule has 0 fully saturated rings. The van der Waals surface area contributed by atoms with Crippen LogP contribution in [0, 0.1) is 0 Å². The van der Waals surface area contributed by atoms with Gasteiger partial charge in [-0.05, 0) is 25.3 Å². The molecule has 88 valence electrons. The quantitative estimate of drug-likeness (QED) is 0.634. The number of esters is 1. The molecule has 1 heterocycles. The van der Waals surface area contributed by atoms with Gasteiger partial charge in [0.2, 0.25) is 0 Å². The van der Waals surface area contributed by atoms with Crippen LogP contribution in [0.5, 0.6) is 0 Å². The summed E-state index contributed by atoms with van der Waals surface area (Å²) in [6.07, 6.45) is 1.84. The molecule has 0 aliphatic carbocycles. The summed E-state index contributed by atoms with van der Waals surface area (Å²) in [5, 5.41) is 5.38. The molecule has 16 heavy (non-hydrogen) atoms. The standard InChI is InChI=1S/C12H17NO2S/c1-9(12(14)15-3)6-7-13-10(2)11-5-4-8-16-11/h4-6,8,10,13H,7H2,1-3H3/b9-6+. The molecule has 1 aromatic heterocycles. The molecule has 0 aliphatic heterocycles. The number of carbonyl (C=O) groups is 1. The van der Waals surface area contributed by atoms with Crippen molar-refractivity contribution in [3.8, 4) is 0 Å². The van der Waals surface area contributed by atoms with Crippen LogP contribution in [0.2, 0.25) is 0 Å². The van der Waals surface area contributed by atoms with Crippen molar-refractivity contribution in [3.05, 3.63) is 34.0 Å². The van der Waals surface area contributed by atoms with Gasteiger partial charge in [-0.1, -0.05) is 12.1 Å². The van der Waals surface area contributed by atoms with Gasteiger partial charge in [0.05, 0.1) is 7.11 Å². The van der Waals surface area contributed by atoms with E-state index in [2.05, 4.69) is 28.4 Å². The Morgan fingerprint density at radius 1 is 1.69 bits per heavy atom. The summed E-state index contributed by atoms with van der Waals surface area (Å²) in [5.41, 5.74) is 0.633. The molecule has 3 nitrogen and oxygen atoms in total. The highest BCUT2D eigenvalue weighted by Crippen LogP contribution is 2.17. The number of methoxy groups -OCH3 is 1. The van der Waals surface area contributed by atoms with Crippen molar-refractivity contribution in [1.82, 2.24) is 5.32 Å². The topological polar surface area (TPSA) is 38.3 Å². The second-order valence-corrected chi connectivity index (χ2v) is 4.50. The summed E-state index contributed by atoms with van der Waals surface area (Å²) in [4.78, 5) is 12.4. The van der Waals surface area contributed by atoms with Crippen molar-refractivity contribution >= 4 is 17.3 Å².